The van der Waals surface area contributed by atoms with Crippen molar-refractivity contribution < 1.29 is 0 Å². The van der Waals surface area contributed by atoms with Crippen LogP contribution in [0.4, 0.5) is 5.82 Å². The predicted octanol–water partition coefficient (Wildman–Crippen LogP) is 2.17. The van der Waals surface area contributed by atoms with Crippen molar-refractivity contribution in [1.82, 2.24) is 14.5 Å². The minimum absolute atomic E-state index is 0.261. The normalized spacial score (nSPS) is 11.1. The van der Waals surface area contributed by atoms with Crippen LogP contribution >= 0.6 is 23.2 Å². The minimum Gasteiger partial charge on any atom is -0.384 e. The topological polar surface area (TPSA) is 99.8 Å². The average molecular weight is 350 g/mol. The van der Waals surface area contributed by atoms with Gasteiger partial charge >= 0.3 is 0 Å². The molecule has 0 spiro atoms. The molecule has 3 aromatic rings. The molecule has 0 aliphatic rings. The second-order valence-corrected chi connectivity index (χ2v) is 5.72. The molecule has 3 rings (SSSR count). The van der Waals surface area contributed by atoms with E-state index in [2.05, 4.69) is 9.97 Å². The third-order valence-electron chi connectivity index (χ3n) is 3.39. The number of benzene rings is 1. The molecule has 2 aromatic heterocycles. The Bertz CT molecular complexity index is 937. The lowest BCUT2D eigenvalue weighted by molar-refractivity contribution is 0.794. The monoisotopic (exact) mass is 349 g/mol. The van der Waals surface area contributed by atoms with Crippen LogP contribution in [-0.4, -0.2) is 21.1 Å². The Morgan fingerprint density at radius 2 is 1.87 bits per heavy atom. The highest BCUT2D eigenvalue weighted by Gasteiger charge is 2.16. The number of nitrogens with two attached hydrogens (primary N) is 2. The van der Waals surface area contributed by atoms with Crippen LogP contribution in [0.15, 0.2) is 35.3 Å². The summed E-state index contributed by atoms with van der Waals surface area (Å²) in [5, 5.41) is 0.914. The van der Waals surface area contributed by atoms with Crippen molar-refractivity contribution in [3.05, 3.63) is 56.7 Å². The summed E-state index contributed by atoms with van der Waals surface area (Å²) < 4.78 is 1.43. The molecule has 4 N–H and O–H groups in total. The van der Waals surface area contributed by atoms with Crippen LogP contribution in [0.5, 0.6) is 0 Å². The molecule has 0 amide bonds. The second kappa shape index (κ2) is 6.16. The third-order valence-corrected chi connectivity index (χ3v) is 4.01. The Morgan fingerprint density at radius 1 is 1.13 bits per heavy atom. The first-order valence-electron chi connectivity index (χ1n) is 6.84. The summed E-state index contributed by atoms with van der Waals surface area (Å²) in [4.78, 5) is 21.5. The number of aromatic nitrogens is 3. The highest BCUT2D eigenvalue weighted by atomic mass is 35.5. The van der Waals surface area contributed by atoms with Crippen molar-refractivity contribution in [3.63, 3.8) is 0 Å². The Labute approximate surface area is 141 Å². The zero-order valence-corrected chi connectivity index (χ0v) is 13.5. The summed E-state index contributed by atoms with van der Waals surface area (Å²) in [7, 11) is 0. The molecule has 0 aliphatic carbocycles. The van der Waals surface area contributed by atoms with Gasteiger partial charge in [0.1, 0.15) is 11.6 Å². The van der Waals surface area contributed by atoms with Gasteiger partial charge in [-0.1, -0.05) is 23.2 Å². The quantitative estimate of drug-likeness (QED) is 0.754. The van der Waals surface area contributed by atoms with Crippen LogP contribution in [0.2, 0.25) is 10.0 Å². The summed E-state index contributed by atoms with van der Waals surface area (Å²) >= 11 is 12.3. The van der Waals surface area contributed by atoms with E-state index in [1.165, 1.54) is 10.8 Å². The summed E-state index contributed by atoms with van der Waals surface area (Å²) in [5.74, 6) is 0.845. The summed E-state index contributed by atoms with van der Waals surface area (Å²) in [6, 6.07) is 6.48. The van der Waals surface area contributed by atoms with Gasteiger partial charge in [0.05, 0.1) is 32.8 Å². The molecule has 1 aromatic carbocycles. The van der Waals surface area contributed by atoms with E-state index in [1.807, 2.05) is 0 Å². The highest BCUT2D eigenvalue weighted by Crippen LogP contribution is 2.26. The van der Waals surface area contributed by atoms with Crippen molar-refractivity contribution >= 4 is 39.9 Å². The smallest absolute Gasteiger partial charge is 0.267 e. The van der Waals surface area contributed by atoms with Crippen LogP contribution in [0, 0.1) is 0 Å². The molecule has 0 unspecified atom stereocenters. The van der Waals surface area contributed by atoms with Crippen molar-refractivity contribution in [2.24, 2.45) is 5.73 Å². The Kier molecular flexibility index (Phi) is 4.21. The van der Waals surface area contributed by atoms with Gasteiger partial charge in [0.15, 0.2) is 0 Å². The molecule has 118 valence electrons. The lowest BCUT2D eigenvalue weighted by atomic mass is 10.2. The van der Waals surface area contributed by atoms with Crippen LogP contribution in [0.3, 0.4) is 0 Å². The van der Waals surface area contributed by atoms with E-state index < -0.39 is 0 Å². The molecule has 0 saturated carbocycles. The first kappa shape index (κ1) is 15.7. The SMILES string of the molecule is NCCc1nc2c(Cl)ccc(Cl)c2c(=O)n1-c1ccc(N)nc1. The van der Waals surface area contributed by atoms with Gasteiger partial charge in [-0.15, -0.1) is 0 Å². The van der Waals surface area contributed by atoms with Crippen molar-refractivity contribution in [2.75, 3.05) is 12.3 Å². The number of hydrogen-bond donors (Lipinski definition) is 2. The largest absolute Gasteiger partial charge is 0.384 e. The van der Waals surface area contributed by atoms with Crippen molar-refractivity contribution in [3.8, 4) is 5.69 Å². The molecule has 0 atom stereocenters. The molecule has 8 heteroatoms. The first-order valence-corrected chi connectivity index (χ1v) is 7.60. The minimum atomic E-state index is -0.322. The maximum absolute atomic E-state index is 13.0. The van der Waals surface area contributed by atoms with E-state index in [4.69, 9.17) is 34.7 Å². The standard InChI is InChI=1S/C15H13Cl2N5O/c16-9-2-3-10(17)14-13(9)15(23)22(12(21-14)5-6-18)8-1-4-11(19)20-7-8/h1-4,7H,5-6,18H2,(H2,19,20). The van der Waals surface area contributed by atoms with E-state index in [1.54, 1.807) is 24.3 Å². The molecular weight excluding hydrogens is 337 g/mol. The van der Waals surface area contributed by atoms with Crippen LogP contribution < -0.4 is 17.0 Å². The number of halogens is 2. The number of anilines is 1. The van der Waals surface area contributed by atoms with Gasteiger partial charge in [-0.25, -0.2) is 9.97 Å². The molecule has 0 radical (unpaired) electrons. The maximum Gasteiger partial charge on any atom is 0.267 e. The van der Waals surface area contributed by atoms with E-state index in [0.29, 0.717) is 45.9 Å². The zero-order valence-electron chi connectivity index (χ0n) is 12.0. The summed E-state index contributed by atoms with van der Waals surface area (Å²) in [6.07, 6.45) is 1.90. The van der Waals surface area contributed by atoms with Gasteiger partial charge in [0, 0.05) is 6.42 Å². The molecule has 0 bridgehead atoms. The van der Waals surface area contributed by atoms with Gasteiger partial charge in [0.2, 0.25) is 0 Å². The second-order valence-electron chi connectivity index (χ2n) is 4.90. The van der Waals surface area contributed by atoms with E-state index in [0.717, 1.165) is 0 Å². The fraction of sp³-hybridized carbons (Fsp3) is 0.133. The zero-order chi connectivity index (χ0) is 16.6. The van der Waals surface area contributed by atoms with Gasteiger partial charge in [-0.05, 0) is 30.8 Å². The number of pyridine rings is 1. The fourth-order valence-corrected chi connectivity index (χ4v) is 2.79. The average Bonchev–Trinajstić information content (AvgIpc) is 2.53. The number of nitrogen functional groups attached to an aromatic ring is 1. The van der Waals surface area contributed by atoms with E-state index in [-0.39, 0.29) is 10.9 Å². The van der Waals surface area contributed by atoms with Crippen molar-refractivity contribution in [1.29, 1.82) is 0 Å². The third kappa shape index (κ3) is 2.76. The lowest BCUT2D eigenvalue weighted by Crippen LogP contribution is -2.26. The first-order chi connectivity index (χ1) is 11.0. The number of hydrogen-bond acceptors (Lipinski definition) is 5. The van der Waals surface area contributed by atoms with E-state index in [9.17, 15) is 4.79 Å². The lowest BCUT2D eigenvalue weighted by Gasteiger charge is -2.14. The number of fused-ring (bicyclic) bond motifs is 1. The summed E-state index contributed by atoms with van der Waals surface area (Å²) in [6.45, 7) is 0.332. The Morgan fingerprint density at radius 3 is 2.52 bits per heavy atom. The molecule has 0 fully saturated rings. The molecule has 0 aliphatic heterocycles. The van der Waals surface area contributed by atoms with Gasteiger partial charge in [-0.2, -0.15) is 0 Å². The molecule has 0 saturated heterocycles. The van der Waals surface area contributed by atoms with Crippen molar-refractivity contribution in [2.45, 2.75) is 6.42 Å². The molecular formula is C15H13Cl2N5O. The molecule has 6 nitrogen and oxygen atoms in total. The number of rotatable bonds is 3. The molecule has 23 heavy (non-hydrogen) atoms. The Balaban J connectivity index is 2.42. The Hall–Kier alpha value is -2.15. The summed E-state index contributed by atoms with van der Waals surface area (Å²) in [5.41, 5.74) is 11.8. The molecule has 2 heterocycles. The number of nitrogens with zero attached hydrogens (tertiary/aromatic N) is 3. The van der Waals surface area contributed by atoms with Crippen LogP contribution in [0.1, 0.15) is 5.82 Å². The fourth-order valence-electron chi connectivity index (χ4n) is 2.35. The predicted molar refractivity (Wildman–Crippen MR) is 92.3 cm³/mol. The van der Waals surface area contributed by atoms with Crippen LogP contribution in [0.25, 0.3) is 16.6 Å². The van der Waals surface area contributed by atoms with Crippen LogP contribution in [-0.2, 0) is 6.42 Å². The van der Waals surface area contributed by atoms with E-state index >= 15 is 0 Å². The van der Waals surface area contributed by atoms with Gasteiger partial charge in [-0.3, -0.25) is 9.36 Å². The van der Waals surface area contributed by atoms with Gasteiger partial charge < -0.3 is 11.5 Å². The maximum atomic E-state index is 13.0. The van der Waals surface area contributed by atoms with Gasteiger partial charge in [0.25, 0.3) is 5.56 Å². The highest BCUT2D eigenvalue weighted by molar-refractivity contribution is 6.39.